The van der Waals surface area contributed by atoms with E-state index in [2.05, 4.69) is 4.98 Å². The summed E-state index contributed by atoms with van der Waals surface area (Å²) in [4.78, 5) is 18.8. The third-order valence-electron chi connectivity index (χ3n) is 3.94. The third kappa shape index (κ3) is 2.61. The Morgan fingerprint density at radius 1 is 1.19 bits per heavy atom. The molecule has 0 aliphatic carbocycles. The van der Waals surface area contributed by atoms with Crippen molar-refractivity contribution < 1.29 is 9.90 Å². The number of benzene rings is 1. The molecular weight excluding hydrogens is 264 g/mol. The van der Waals surface area contributed by atoms with Gasteiger partial charge in [0.1, 0.15) is 5.75 Å². The Balaban J connectivity index is 1.87. The number of pyridine rings is 1. The number of carbonyl (C=O) groups excluding carboxylic acids is 1. The summed E-state index contributed by atoms with van der Waals surface area (Å²) >= 11 is 0. The number of phenols is 1. The standard InChI is InChI=1S/C17H18N2O2/c1-11-3-6-16(12(2)18-11)17(21)19-8-7-13-4-5-15(20)9-14(13)10-19/h3-6,9,20H,7-8,10H2,1-2H3. The lowest BCUT2D eigenvalue weighted by Crippen LogP contribution is -2.36. The highest BCUT2D eigenvalue weighted by molar-refractivity contribution is 5.95. The fourth-order valence-electron chi connectivity index (χ4n) is 2.80. The molecule has 0 spiro atoms. The molecule has 1 amide bonds. The van der Waals surface area contributed by atoms with Crippen molar-refractivity contribution in [1.82, 2.24) is 9.88 Å². The molecule has 4 nitrogen and oxygen atoms in total. The Bertz CT molecular complexity index is 710. The minimum atomic E-state index is 0.00833. The molecular formula is C17H18N2O2. The maximum absolute atomic E-state index is 12.7. The zero-order valence-electron chi connectivity index (χ0n) is 12.3. The number of aromatic nitrogens is 1. The van der Waals surface area contributed by atoms with Gasteiger partial charge < -0.3 is 10.0 Å². The van der Waals surface area contributed by atoms with Crippen LogP contribution in [0.2, 0.25) is 0 Å². The van der Waals surface area contributed by atoms with E-state index in [4.69, 9.17) is 0 Å². The van der Waals surface area contributed by atoms with Gasteiger partial charge in [-0.3, -0.25) is 9.78 Å². The van der Waals surface area contributed by atoms with Gasteiger partial charge in [0.25, 0.3) is 5.91 Å². The topological polar surface area (TPSA) is 53.4 Å². The van der Waals surface area contributed by atoms with Gasteiger partial charge in [-0.1, -0.05) is 6.07 Å². The molecule has 1 aromatic carbocycles. The van der Waals surface area contributed by atoms with Gasteiger partial charge in [-0.2, -0.15) is 0 Å². The van der Waals surface area contributed by atoms with Crippen LogP contribution in [-0.4, -0.2) is 27.4 Å². The SMILES string of the molecule is Cc1ccc(C(=O)N2CCc3ccc(O)cc3C2)c(C)n1. The van der Waals surface area contributed by atoms with E-state index >= 15 is 0 Å². The highest BCUT2D eigenvalue weighted by Crippen LogP contribution is 2.24. The van der Waals surface area contributed by atoms with Gasteiger partial charge >= 0.3 is 0 Å². The average molecular weight is 282 g/mol. The van der Waals surface area contributed by atoms with Crippen molar-refractivity contribution in [3.63, 3.8) is 0 Å². The van der Waals surface area contributed by atoms with Gasteiger partial charge in [-0.05, 0) is 55.7 Å². The molecule has 0 saturated carbocycles. The molecule has 1 N–H and O–H groups in total. The predicted octanol–water partition coefficient (Wildman–Crippen LogP) is 2.60. The number of aryl methyl sites for hydroxylation is 2. The Labute approximate surface area is 124 Å². The number of phenolic OH excluding ortho intramolecular Hbond substituents is 1. The number of rotatable bonds is 1. The molecule has 1 aromatic heterocycles. The molecule has 108 valence electrons. The first-order chi connectivity index (χ1) is 10.0. The highest BCUT2D eigenvalue weighted by atomic mass is 16.3. The Kier molecular flexibility index (Phi) is 3.37. The number of amides is 1. The maximum atomic E-state index is 12.7. The second-order valence-electron chi connectivity index (χ2n) is 5.52. The molecule has 1 aliphatic heterocycles. The number of hydrogen-bond donors (Lipinski definition) is 1. The van der Waals surface area contributed by atoms with Crippen molar-refractivity contribution in [1.29, 1.82) is 0 Å². The Hall–Kier alpha value is -2.36. The van der Waals surface area contributed by atoms with Crippen LogP contribution in [0.5, 0.6) is 5.75 Å². The van der Waals surface area contributed by atoms with E-state index in [0.717, 1.165) is 23.4 Å². The van der Waals surface area contributed by atoms with Crippen LogP contribution >= 0.6 is 0 Å². The minimum Gasteiger partial charge on any atom is -0.508 e. The quantitative estimate of drug-likeness (QED) is 0.874. The average Bonchev–Trinajstić information content (AvgIpc) is 2.46. The van der Waals surface area contributed by atoms with E-state index in [1.54, 1.807) is 12.1 Å². The van der Waals surface area contributed by atoms with Gasteiger partial charge in [0.15, 0.2) is 0 Å². The first-order valence-electron chi connectivity index (χ1n) is 7.09. The summed E-state index contributed by atoms with van der Waals surface area (Å²) in [5.41, 5.74) is 4.56. The van der Waals surface area contributed by atoms with Crippen LogP contribution in [0.25, 0.3) is 0 Å². The second kappa shape index (κ2) is 5.20. The predicted molar refractivity (Wildman–Crippen MR) is 80.3 cm³/mol. The molecule has 0 unspecified atom stereocenters. The van der Waals surface area contributed by atoms with Crippen molar-refractivity contribution in [2.45, 2.75) is 26.8 Å². The lowest BCUT2D eigenvalue weighted by Gasteiger charge is -2.29. The van der Waals surface area contributed by atoms with Crippen LogP contribution in [0.3, 0.4) is 0 Å². The van der Waals surface area contributed by atoms with Crippen LogP contribution in [0.1, 0.15) is 32.9 Å². The summed E-state index contributed by atoms with van der Waals surface area (Å²) in [6.45, 7) is 5.02. The monoisotopic (exact) mass is 282 g/mol. The number of hydrogen-bond acceptors (Lipinski definition) is 3. The van der Waals surface area contributed by atoms with Crippen molar-refractivity contribution in [3.05, 3.63) is 58.4 Å². The fourth-order valence-corrected chi connectivity index (χ4v) is 2.80. The molecule has 21 heavy (non-hydrogen) atoms. The normalized spacial score (nSPS) is 13.9. The molecule has 2 heterocycles. The maximum Gasteiger partial charge on any atom is 0.256 e. The molecule has 0 bridgehead atoms. The zero-order chi connectivity index (χ0) is 15.0. The van der Waals surface area contributed by atoms with Crippen LogP contribution in [0.15, 0.2) is 30.3 Å². The van der Waals surface area contributed by atoms with Crippen molar-refractivity contribution in [3.8, 4) is 5.75 Å². The molecule has 0 fully saturated rings. The summed E-state index contributed by atoms with van der Waals surface area (Å²) < 4.78 is 0. The Morgan fingerprint density at radius 3 is 2.76 bits per heavy atom. The summed E-state index contributed by atoms with van der Waals surface area (Å²) in [5, 5.41) is 9.59. The molecule has 2 aromatic rings. The van der Waals surface area contributed by atoms with Crippen LogP contribution < -0.4 is 0 Å². The molecule has 3 rings (SSSR count). The third-order valence-corrected chi connectivity index (χ3v) is 3.94. The number of carbonyl (C=O) groups is 1. The number of fused-ring (bicyclic) bond motifs is 1. The summed E-state index contributed by atoms with van der Waals surface area (Å²) in [6, 6.07) is 9.09. The summed E-state index contributed by atoms with van der Waals surface area (Å²) in [6.07, 6.45) is 0.819. The lowest BCUT2D eigenvalue weighted by atomic mass is 9.98. The van der Waals surface area contributed by atoms with E-state index < -0.39 is 0 Å². The smallest absolute Gasteiger partial charge is 0.256 e. The summed E-state index contributed by atoms with van der Waals surface area (Å²) in [5.74, 6) is 0.255. The highest BCUT2D eigenvalue weighted by Gasteiger charge is 2.23. The molecule has 4 heteroatoms. The lowest BCUT2D eigenvalue weighted by molar-refractivity contribution is 0.0733. The zero-order valence-corrected chi connectivity index (χ0v) is 12.3. The molecule has 0 saturated heterocycles. The van der Waals surface area contributed by atoms with Gasteiger partial charge in [0, 0.05) is 18.8 Å². The van der Waals surface area contributed by atoms with E-state index in [9.17, 15) is 9.90 Å². The van der Waals surface area contributed by atoms with E-state index in [1.807, 2.05) is 36.9 Å². The van der Waals surface area contributed by atoms with Gasteiger partial charge in [-0.25, -0.2) is 0 Å². The first-order valence-corrected chi connectivity index (χ1v) is 7.09. The molecule has 1 aliphatic rings. The van der Waals surface area contributed by atoms with Gasteiger partial charge in [0.05, 0.1) is 11.3 Å². The van der Waals surface area contributed by atoms with Crippen molar-refractivity contribution in [2.24, 2.45) is 0 Å². The van der Waals surface area contributed by atoms with Crippen LogP contribution in [0.4, 0.5) is 0 Å². The number of aromatic hydroxyl groups is 1. The van der Waals surface area contributed by atoms with Crippen molar-refractivity contribution in [2.75, 3.05) is 6.54 Å². The minimum absolute atomic E-state index is 0.00833. The Morgan fingerprint density at radius 2 is 2.00 bits per heavy atom. The number of nitrogens with zero attached hydrogens (tertiary/aromatic N) is 2. The molecule has 0 atom stereocenters. The fraction of sp³-hybridized carbons (Fsp3) is 0.294. The largest absolute Gasteiger partial charge is 0.508 e. The van der Waals surface area contributed by atoms with Crippen LogP contribution in [0, 0.1) is 13.8 Å². The summed E-state index contributed by atoms with van der Waals surface area (Å²) in [7, 11) is 0. The van der Waals surface area contributed by atoms with E-state index in [1.165, 1.54) is 5.56 Å². The van der Waals surface area contributed by atoms with E-state index in [-0.39, 0.29) is 11.7 Å². The van der Waals surface area contributed by atoms with Crippen molar-refractivity contribution >= 4 is 5.91 Å². The van der Waals surface area contributed by atoms with Crippen LogP contribution in [-0.2, 0) is 13.0 Å². The molecule has 0 radical (unpaired) electrons. The first kappa shape index (κ1) is 13.6. The van der Waals surface area contributed by atoms with Gasteiger partial charge in [-0.15, -0.1) is 0 Å². The second-order valence-corrected chi connectivity index (χ2v) is 5.52. The van der Waals surface area contributed by atoms with Gasteiger partial charge in [0.2, 0.25) is 0 Å². The van der Waals surface area contributed by atoms with E-state index in [0.29, 0.717) is 18.7 Å².